The second-order valence-corrected chi connectivity index (χ2v) is 6.25. The van der Waals surface area contributed by atoms with Crippen molar-refractivity contribution in [2.24, 2.45) is 0 Å². The second kappa shape index (κ2) is 14.3. The average molecular weight is 700 g/mol. The summed E-state index contributed by atoms with van der Waals surface area (Å²) in [6, 6.07) is 14.6. The summed E-state index contributed by atoms with van der Waals surface area (Å²) >= 11 is -2.51. The zero-order valence-electron chi connectivity index (χ0n) is 16.1. The van der Waals surface area contributed by atoms with E-state index in [0.717, 1.165) is 0 Å². The van der Waals surface area contributed by atoms with Crippen LogP contribution in [0.2, 0.25) is 0 Å². The fraction of sp³-hybridized carbons (Fsp3) is 0.100. The van der Waals surface area contributed by atoms with E-state index >= 15 is 0 Å². The molecule has 2 rings (SSSR count). The van der Waals surface area contributed by atoms with Crippen LogP contribution in [0, 0.1) is 40.7 Å². The van der Waals surface area contributed by atoms with Gasteiger partial charge in [0.1, 0.15) is 0 Å². The number of halogens is 6. The zero-order chi connectivity index (χ0) is 25.7. The minimum absolute atomic E-state index is 0.0509. The molecular weight excluding hydrogens is 688 g/mol. The van der Waals surface area contributed by atoms with Crippen molar-refractivity contribution >= 4 is 23.1 Å². The van der Waals surface area contributed by atoms with E-state index in [1.165, 1.54) is 48.5 Å². The Labute approximate surface area is 197 Å². The van der Waals surface area contributed by atoms with Gasteiger partial charge >= 0.3 is 44.6 Å². The molecule has 0 spiro atoms. The van der Waals surface area contributed by atoms with Crippen LogP contribution >= 0.6 is 0 Å². The normalized spacial score (nSPS) is 10.1. The van der Waals surface area contributed by atoms with Crippen molar-refractivity contribution in [1.82, 2.24) is 0 Å². The molecule has 0 amide bonds. The first-order valence-corrected chi connectivity index (χ1v) is 11.7. The molecule has 0 saturated carbocycles. The van der Waals surface area contributed by atoms with Crippen molar-refractivity contribution in [3.8, 4) is 0 Å². The Hall–Kier alpha value is -2.91. The number of alkyl halides is 6. The summed E-state index contributed by atoms with van der Waals surface area (Å²) < 4.78 is 87.9. The van der Waals surface area contributed by atoms with E-state index < -0.39 is 63.3 Å². The molecule has 0 unspecified atom stereocenters. The molecule has 0 aromatic heterocycles. The third-order valence-electron chi connectivity index (χ3n) is 3.20. The van der Waals surface area contributed by atoms with E-state index in [4.69, 9.17) is 4.47 Å². The molecule has 0 aliphatic carbocycles. The van der Waals surface area contributed by atoms with E-state index in [0.29, 0.717) is 0 Å². The first-order valence-electron chi connectivity index (χ1n) is 8.33. The van der Waals surface area contributed by atoms with Crippen LogP contribution < -0.4 is 0 Å². The van der Waals surface area contributed by atoms with Crippen molar-refractivity contribution < 1.29 is 77.8 Å². The van der Waals surface area contributed by atoms with E-state index in [-0.39, 0.29) is 24.0 Å². The number of ketones is 4. The van der Waals surface area contributed by atoms with Crippen molar-refractivity contribution in [2.75, 3.05) is 0 Å². The van der Waals surface area contributed by atoms with Gasteiger partial charge in [0.05, 0.1) is 0 Å². The van der Waals surface area contributed by atoms with Crippen LogP contribution in [0.3, 0.4) is 0 Å². The summed E-state index contributed by atoms with van der Waals surface area (Å²) in [4.78, 5) is 43.1. The molecule has 0 bridgehead atoms. The fourth-order valence-electron chi connectivity index (χ4n) is 1.77. The van der Waals surface area contributed by atoms with Crippen LogP contribution in [-0.4, -0.2) is 35.5 Å². The third kappa shape index (κ3) is 12.6. The first kappa shape index (κ1) is 30.1. The minimum atomic E-state index is -5.00. The molecule has 0 aliphatic rings. The summed E-state index contributed by atoms with van der Waals surface area (Å²) in [7, 11) is 0. The van der Waals surface area contributed by atoms with Gasteiger partial charge in [0.2, 0.25) is 0 Å². The van der Waals surface area contributed by atoms with Gasteiger partial charge in [-0.25, -0.2) is 0 Å². The monoisotopic (exact) mass is 700 g/mol. The zero-order valence-corrected chi connectivity index (χ0v) is 20.3. The van der Waals surface area contributed by atoms with E-state index in [1.807, 2.05) is 0 Å². The molecule has 0 aliphatic heterocycles. The summed E-state index contributed by atoms with van der Waals surface area (Å²) in [6.07, 6.45) is -9.89. The van der Waals surface area contributed by atoms with Crippen LogP contribution in [-0.2, 0) is 14.1 Å². The van der Waals surface area contributed by atoms with Gasteiger partial charge in [-0.3, -0.25) is 0 Å². The number of hydrogen-bond donors (Lipinski definition) is 0. The molecular formula is C20H12F6O6U. The topological polar surface area (TPSA) is 102 Å². The number of Topliss-reactive ketones (excluding diaryl/α,β-unsaturated/α-hetero) is 4. The Morgan fingerprint density at radius 1 is 0.576 bits per heavy atom. The molecule has 0 saturated heterocycles. The van der Waals surface area contributed by atoms with Crippen molar-refractivity contribution in [3.63, 3.8) is 0 Å². The Kier molecular flexibility index (Phi) is 13.0. The Balaban J connectivity index is 0.000000555. The van der Waals surface area contributed by atoms with Gasteiger partial charge in [0.15, 0.2) is 11.6 Å². The summed E-state index contributed by atoms with van der Waals surface area (Å²) in [6.45, 7) is 0. The predicted molar refractivity (Wildman–Crippen MR) is 93.6 cm³/mol. The first-order chi connectivity index (χ1) is 15.2. The van der Waals surface area contributed by atoms with E-state index in [2.05, 4.69) is 0 Å². The molecule has 6 nitrogen and oxygen atoms in total. The fourth-order valence-corrected chi connectivity index (χ4v) is 1.77. The van der Waals surface area contributed by atoms with Gasteiger partial charge < -0.3 is 19.2 Å². The number of carbonyl (C=O) groups excluding carboxylic acids is 4. The summed E-state index contributed by atoms with van der Waals surface area (Å²) in [5.41, 5.74) is 0.102. The third-order valence-corrected chi connectivity index (χ3v) is 3.20. The molecule has 0 radical (unpaired) electrons. The number of hydrogen-bond acceptors (Lipinski definition) is 6. The standard InChI is InChI=1S/2C10H6F3O2.2O.U/c2*11-10(12,13)9(15)6-8(14)7-4-2-1-3-5-7;;;/h2*1-6H;;;/q2*-1;;;+2. The maximum atomic E-state index is 11.8. The Bertz CT molecular complexity index is 906. The maximum absolute atomic E-state index is 11.8. The van der Waals surface area contributed by atoms with Gasteiger partial charge in [-0.05, 0) is 0 Å². The van der Waals surface area contributed by atoms with E-state index in [9.17, 15) is 45.5 Å². The van der Waals surface area contributed by atoms with Gasteiger partial charge in [-0.1, -0.05) is 36.4 Å². The van der Waals surface area contributed by atoms with Crippen LogP contribution in [0.5, 0.6) is 0 Å². The molecule has 0 atom stereocenters. The molecule has 0 N–H and O–H groups in total. The van der Waals surface area contributed by atoms with Crippen LogP contribution in [0.25, 0.3) is 0 Å². The summed E-state index contributed by atoms with van der Waals surface area (Å²) in [5, 5.41) is 0. The molecule has 33 heavy (non-hydrogen) atoms. The quantitative estimate of drug-likeness (QED) is 0.194. The molecule has 174 valence electrons. The van der Waals surface area contributed by atoms with Gasteiger partial charge in [-0.15, -0.1) is 48.2 Å². The molecule has 13 heteroatoms. The number of benzene rings is 2. The predicted octanol–water partition coefficient (Wildman–Crippen LogP) is 4.17. The molecule has 0 fully saturated rings. The van der Waals surface area contributed by atoms with Gasteiger partial charge in [0, 0.05) is 11.6 Å². The number of carbonyl (C=O) groups is 4. The van der Waals surface area contributed by atoms with Crippen molar-refractivity contribution in [1.29, 1.82) is 0 Å². The van der Waals surface area contributed by atoms with Crippen molar-refractivity contribution in [3.05, 3.63) is 84.6 Å². The Morgan fingerprint density at radius 2 is 0.818 bits per heavy atom. The van der Waals surface area contributed by atoms with Crippen LogP contribution in [0.15, 0.2) is 60.7 Å². The summed E-state index contributed by atoms with van der Waals surface area (Å²) in [5.74, 6) is -6.18. The SMILES string of the molecule is O=C([CH-]C(=O)C(F)(F)F)c1ccccc1.O=C([CH-]C(=O)C(F)(F)F)c1ccccc1.[O]=[U+2]=[O]. The van der Waals surface area contributed by atoms with Crippen LogP contribution in [0.4, 0.5) is 26.3 Å². The second-order valence-electron chi connectivity index (χ2n) is 5.56. The average Bonchev–Trinajstić information content (AvgIpc) is 2.74. The van der Waals surface area contributed by atoms with Gasteiger partial charge in [-0.2, -0.15) is 26.3 Å². The van der Waals surface area contributed by atoms with Crippen molar-refractivity contribution in [2.45, 2.75) is 12.4 Å². The van der Waals surface area contributed by atoms with Crippen LogP contribution in [0.1, 0.15) is 20.7 Å². The molecule has 2 aromatic rings. The Morgan fingerprint density at radius 3 is 1.03 bits per heavy atom. The van der Waals surface area contributed by atoms with Gasteiger partial charge in [0.25, 0.3) is 0 Å². The van der Waals surface area contributed by atoms with E-state index in [1.54, 1.807) is 12.1 Å². The molecule has 0 heterocycles. The number of rotatable bonds is 6. The molecule has 2 aromatic carbocycles.